The summed E-state index contributed by atoms with van der Waals surface area (Å²) in [6.45, 7) is 4.94. The predicted molar refractivity (Wildman–Crippen MR) is 130 cm³/mol. The molecule has 176 valence electrons. The molecule has 0 N–H and O–H groups in total. The molecule has 0 atom stereocenters. The average Bonchev–Trinajstić information content (AvgIpc) is 3.22. The Hall–Kier alpha value is -2.98. The van der Waals surface area contributed by atoms with Crippen LogP contribution in [0.4, 0.5) is 11.6 Å². The quantitative estimate of drug-likeness (QED) is 0.330. The fourth-order valence-electron chi connectivity index (χ4n) is 4.62. The van der Waals surface area contributed by atoms with Crippen molar-refractivity contribution in [3.05, 3.63) is 80.5 Å². The first-order valence-electron chi connectivity index (χ1n) is 11.3. The van der Waals surface area contributed by atoms with E-state index in [1.807, 2.05) is 30.0 Å². The number of carboxylic acid groups (broad SMARTS) is 1. The molecule has 0 aromatic carbocycles. The second-order valence-electron chi connectivity index (χ2n) is 8.83. The number of aromatic nitrogens is 4. The van der Waals surface area contributed by atoms with Crippen molar-refractivity contribution in [2.75, 3.05) is 22.9 Å². The monoisotopic (exact) mass is 510 g/mol. The molecule has 4 aromatic rings. The van der Waals surface area contributed by atoms with Crippen LogP contribution in [0.5, 0.6) is 0 Å². The largest absolute Gasteiger partial charge is 1.00 e. The molecule has 9 nitrogen and oxygen atoms in total. The van der Waals surface area contributed by atoms with E-state index in [0.29, 0.717) is 30.2 Å². The van der Waals surface area contributed by atoms with Gasteiger partial charge in [0, 0.05) is 32.0 Å². The van der Waals surface area contributed by atoms with Gasteiger partial charge in [-0.25, -0.2) is 9.97 Å². The Morgan fingerprint density at radius 2 is 1.94 bits per heavy atom. The zero-order chi connectivity index (χ0) is 24.3. The van der Waals surface area contributed by atoms with Crippen LogP contribution in [0.2, 0.25) is 5.02 Å². The Labute approximate surface area is 233 Å². The molecule has 0 bridgehead atoms. The van der Waals surface area contributed by atoms with E-state index >= 15 is 0 Å². The van der Waals surface area contributed by atoms with Crippen molar-refractivity contribution in [1.29, 1.82) is 0 Å². The van der Waals surface area contributed by atoms with Gasteiger partial charge < -0.3 is 19.7 Å². The van der Waals surface area contributed by atoms with Gasteiger partial charge in [0.15, 0.2) is 16.9 Å². The van der Waals surface area contributed by atoms with E-state index in [-0.39, 0.29) is 40.0 Å². The van der Waals surface area contributed by atoms with E-state index in [1.165, 1.54) is 12.3 Å². The molecule has 0 spiro atoms. The Kier molecular flexibility index (Phi) is 6.50. The molecule has 6 heterocycles. The van der Waals surface area contributed by atoms with E-state index < -0.39 is 17.0 Å². The van der Waals surface area contributed by atoms with Crippen LogP contribution in [-0.4, -0.2) is 38.6 Å². The van der Waals surface area contributed by atoms with Gasteiger partial charge in [-0.3, -0.25) is 14.3 Å². The maximum absolute atomic E-state index is 13.0. The molecule has 0 aliphatic carbocycles. The first-order chi connectivity index (χ1) is 16.9. The summed E-state index contributed by atoms with van der Waals surface area (Å²) in [4.78, 5) is 42.8. The molecule has 2 aliphatic heterocycles. The number of carboxylic acids is 1. The number of halogens is 1. The van der Waals surface area contributed by atoms with E-state index in [1.54, 1.807) is 17.0 Å². The zero-order valence-corrected chi connectivity index (χ0v) is 22.6. The second kappa shape index (κ2) is 9.48. The average molecular weight is 511 g/mol. The minimum Gasteiger partial charge on any atom is -0.545 e. The standard InChI is InChI=1S/C25H21ClN6O3.Na/c1-14-8-21(30-6-3-7-30)28-10-20(14)32-12-17(25(34)35)22(33)16-9-18(26)24(29-23(16)32)31-11-15-4-2-5-27-19(15)13-31;/h2,4-5,8-10,12H,3,6-7,11,13H2,1H3,(H,34,35);/q;+1/p-1. The first-order valence-corrected chi connectivity index (χ1v) is 11.7. The van der Waals surface area contributed by atoms with Crippen molar-refractivity contribution in [2.24, 2.45) is 0 Å². The minimum absolute atomic E-state index is 0. The number of nitrogens with zero attached hydrogens (tertiary/aromatic N) is 6. The Balaban J connectivity index is 0.00000267. The van der Waals surface area contributed by atoms with Crippen molar-refractivity contribution >= 4 is 40.2 Å². The molecule has 11 heteroatoms. The van der Waals surface area contributed by atoms with E-state index in [0.717, 1.165) is 42.1 Å². The normalized spacial score (nSPS) is 14.4. The Bertz CT molecular complexity index is 1560. The van der Waals surface area contributed by atoms with Gasteiger partial charge in [0.05, 0.1) is 46.1 Å². The molecule has 0 saturated carbocycles. The second-order valence-corrected chi connectivity index (χ2v) is 9.24. The number of fused-ring (bicyclic) bond motifs is 2. The summed E-state index contributed by atoms with van der Waals surface area (Å²) >= 11 is 6.58. The van der Waals surface area contributed by atoms with E-state index in [2.05, 4.69) is 14.9 Å². The number of hydrogen-bond donors (Lipinski definition) is 0. The van der Waals surface area contributed by atoms with Gasteiger partial charge in [-0.05, 0) is 42.7 Å². The van der Waals surface area contributed by atoms with Gasteiger partial charge in [-0.2, -0.15) is 0 Å². The van der Waals surface area contributed by atoms with Crippen molar-refractivity contribution in [1.82, 2.24) is 19.5 Å². The molecule has 0 unspecified atom stereocenters. The summed E-state index contributed by atoms with van der Waals surface area (Å²) in [5, 5.41) is 12.2. The van der Waals surface area contributed by atoms with Crippen LogP contribution in [0.25, 0.3) is 16.7 Å². The van der Waals surface area contributed by atoms with Crippen LogP contribution < -0.4 is 49.9 Å². The van der Waals surface area contributed by atoms with Crippen molar-refractivity contribution in [2.45, 2.75) is 26.4 Å². The molecule has 36 heavy (non-hydrogen) atoms. The fourth-order valence-corrected chi connectivity index (χ4v) is 4.89. The summed E-state index contributed by atoms with van der Waals surface area (Å²) < 4.78 is 1.59. The van der Waals surface area contributed by atoms with Crippen molar-refractivity contribution < 1.29 is 39.5 Å². The third kappa shape index (κ3) is 4.06. The summed E-state index contributed by atoms with van der Waals surface area (Å²) in [6, 6.07) is 7.33. The number of pyridine rings is 4. The summed E-state index contributed by atoms with van der Waals surface area (Å²) in [6.07, 6.45) is 5.82. The van der Waals surface area contributed by atoms with E-state index in [9.17, 15) is 14.7 Å². The zero-order valence-electron chi connectivity index (χ0n) is 19.9. The molecule has 0 amide bonds. The van der Waals surface area contributed by atoms with Gasteiger partial charge in [-0.15, -0.1) is 0 Å². The third-order valence-corrected chi connectivity index (χ3v) is 6.91. The van der Waals surface area contributed by atoms with Crippen LogP contribution >= 0.6 is 11.6 Å². The summed E-state index contributed by atoms with van der Waals surface area (Å²) in [7, 11) is 0. The van der Waals surface area contributed by atoms with Crippen molar-refractivity contribution in [3.8, 4) is 5.69 Å². The van der Waals surface area contributed by atoms with Gasteiger partial charge in [-0.1, -0.05) is 17.7 Å². The van der Waals surface area contributed by atoms with Crippen LogP contribution in [0.1, 0.15) is 33.6 Å². The summed E-state index contributed by atoms with van der Waals surface area (Å²) in [5.41, 5.74) is 2.65. The number of hydrogen-bond acceptors (Lipinski definition) is 8. The van der Waals surface area contributed by atoms with Gasteiger partial charge in [0.2, 0.25) is 0 Å². The minimum atomic E-state index is -1.56. The van der Waals surface area contributed by atoms with Gasteiger partial charge in [0.25, 0.3) is 0 Å². The Morgan fingerprint density at radius 1 is 1.14 bits per heavy atom. The topological polar surface area (TPSA) is 107 Å². The van der Waals surface area contributed by atoms with Crippen LogP contribution in [0, 0.1) is 6.92 Å². The van der Waals surface area contributed by atoms with Crippen LogP contribution in [-0.2, 0) is 13.1 Å². The molecule has 1 saturated heterocycles. The van der Waals surface area contributed by atoms with Crippen LogP contribution in [0.15, 0.2) is 47.7 Å². The smallest absolute Gasteiger partial charge is 0.545 e. The molecule has 6 rings (SSSR count). The van der Waals surface area contributed by atoms with Crippen LogP contribution in [0.3, 0.4) is 0 Å². The third-order valence-electron chi connectivity index (χ3n) is 6.63. The molecule has 4 aromatic heterocycles. The predicted octanol–water partition coefficient (Wildman–Crippen LogP) is -0.765. The number of carbonyl (C=O) groups is 1. The van der Waals surface area contributed by atoms with Crippen molar-refractivity contribution in [3.63, 3.8) is 0 Å². The maximum Gasteiger partial charge on any atom is 1.00 e. The molecule has 2 aliphatic rings. The number of carbonyl (C=O) groups excluding carboxylic acids is 1. The number of aromatic carboxylic acids is 1. The Morgan fingerprint density at radius 3 is 2.61 bits per heavy atom. The first kappa shape index (κ1) is 24.7. The SMILES string of the molecule is Cc1cc(N2CCC2)ncc1-n1cc(C(=O)[O-])c(=O)c2cc(Cl)c(N3Cc4cccnc4C3)nc21.[Na+]. The summed E-state index contributed by atoms with van der Waals surface area (Å²) in [5.74, 6) is -0.203. The molecule has 1 fully saturated rings. The number of aryl methyl sites for hydroxylation is 1. The van der Waals surface area contributed by atoms with Gasteiger partial charge in [0.1, 0.15) is 5.82 Å². The fraction of sp³-hybridized carbons (Fsp3) is 0.240. The van der Waals surface area contributed by atoms with E-state index in [4.69, 9.17) is 16.6 Å². The maximum atomic E-state index is 13.0. The van der Waals surface area contributed by atoms with Gasteiger partial charge >= 0.3 is 29.6 Å². The molecular weight excluding hydrogens is 491 g/mol. The molecule has 0 radical (unpaired) electrons. The molecular formula is C25H20ClN6NaO3. The number of anilines is 2. The number of rotatable bonds is 4.